The minimum atomic E-state index is -0.384. The number of carbonyl (C=O) groups excluding carboxylic acids is 1. The van der Waals surface area contributed by atoms with Crippen LogP contribution >= 0.6 is 0 Å². The lowest BCUT2D eigenvalue weighted by Gasteiger charge is -2.26. The van der Waals surface area contributed by atoms with Gasteiger partial charge in [-0.2, -0.15) is 0 Å². The molecule has 0 spiro atoms. The molecule has 1 unspecified atom stereocenters. The quantitative estimate of drug-likeness (QED) is 0.647. The summed E-state index contributed by atoms with van der Waals surface area (Å²) in [5.74, 6) is -0.504. The molecule has 0 radical (unpaired) electrons. The molecule has 1 atom stereocenters. The molecule has 0 aromatic heterocycles. The fraction of sp³-hybridized carbons (Fsp3) is 0.947. The maximum Gasteiger partial charge on any atom is 0.311 e. The van der Waals surface area contributed by atoms with Crippen molar-refractivity contribution in [1.82, 2.24) is 0 Å². The second-order valence-corrected chi connectivity index (χ2v) is 10.1. The van der Waals surface area contributed by atoms with E-state index in [-0.39, 0.29) is 34.1 Å². The highest BCUT2D eigenvalue weighted by Gasteiger charge is 2.39. The minimum absolute atomic E-state index is 0.0565. The van der Waals surface area contributed by atoms with E-state index in [0.717, 1.165) is 6.61 Å². The van der Waals surface area contributed by atoms with Gasteiger partial charge in [0.1, 0.15) is 0 Å². The van der Waals surface area contributed by atoms with Gasteiger partial charge in [-0.25, -0.2) is 0 Å². The summed E-state index contributed by atoms with van der Waals surface area (Å²) in [7, 11) is 0. The van der Waals surface area contributed by atoms with Crippen LogP contribution < -0.4 is 0 Å². The Bertz CT molecular complexity index is 378. The Kier molecular flexibility index (Phi) is 7.32. The van der Waals surface area contributed by atoms with Crippen molar-refractivity contribution < 1.29 is 19.0 Å². The van der Waals surface area contributed by atoms with Crippen LogP contribution in [-0.4, -0.2) is 31.1 Å². The van der Waals surface area contributed by atoms with E-state index in [1.807, 2.05) is 55.4 Å². The Morgan fingerprint density at radius 2 is 1.52 bits per heavy atom. The maximum atomic E-state index is 11.3. The lowest BCUT2D eigenvalue weighted by atomic mass is 9.90. The number of rotatable bonds is 1. The monoisotopic (exact) mass is 330 g/mol. The van der Waals surface area contributed by atoms with Crippen molar-refractivity contribution in [3.63, 3.8) is 0 Å². The van der Waals surface area contributed by atoms with E-state index < -0.39 is 0 Å². The third-order valence-corrected chi connectivity index (χ3v) is 3.22. The van der Waals surface area contributed by atoms with Crippen molar-refractivity contribution >= 4 is 5.97 Å². The molecular formula is C19H38O4. The van der Waals surface area contributed by atoms with E-state index in [4.69, 9.17) is 14.2 Å². The van der Waals surface area contributed by atoms with Crippen LogP contribution in [0.2, 0.25) is 0 Å². The highest BCUT2D eigenvalue weighted by Crippen LogP contribution is 2.33. The lowest BCUT2D eigenvalue weighted by Crippen LogP contribution is -2.30. The molecule has 1 heterocycles. The van der Waals surface area contributed by atoms with Gasteiger partial charge in [0.2, 0.25) is 0 Å². The zero-order chi connectivity index (χ0) is 18.7. The summed E-state index contributed by atoms with van der Waals surface area (Å²) < 4.78 is 16.3. The van der Waals surface area contributed by atoms with Gasteiger partial charge in [0, 0.05) is 0 Å². The summed E-state index contributed by atoms with van der Waals surface area (Å²) in [6, 6.07) is 0. The molecule has 23 heavy (non-hydrogen) atoms. The second-order valence-electron chi connectivity index (χ2n) is 10.1. The van der Waals surface area contributed by atoms with Crippen molar-refractivity contribution in [3.05, 3.63) is 0 Å². The first kappa shape index (κ1) is 22.4. The van der Waals surface area contributed by atoms with Crippen LogP contribution in [0.3, 0.4) is 0 Å². The van der Waals surface area contributed by atoms with Crippen molar-refractivity contribution in [1.29, 1.82) is 0 Å². The molecule has 0 N–H and O–H groups in total. The highest BCUT2D eigenvalue weighted by atomic mass is 16.7. The fourth-order valence-corrected chi connectivity index (χ4v) is 1.61. The molecule has 0 amide bonds. The number of hydrogen-bond acceptors (Lipinski definition) is 4. The van der Waals surface area contributed by atoms with Crippen molar-refractivity contribution in [2.75, 3.05) is 13.2 Å². The smallest absolute Gasteiger partial charge is 0.311 e. The molecule has 1 fully saturated rings. The summed E-state index contributed by atoms with van der Waals surface area (Å²) in [4.78, 5) is 11.3. The van der Waals surface area contributed by atoms with Crippen LogP contribution in [0.5, 0.6) is 0 Å². The molecular weight excluding hydrogens is 292 g/mol. The normalized spacial score (nSPS) is 21.4. The summed E-state index contributed by atoms with van der Waals surface area (Å²) in [5, 5.41) is 0. The first-order valence-corrected chi connectivity index (χ1v) is 8.43. The molecule has 138 valence electrons. The highest BCUT2D eigenvalue weighted by molar-refractivity contribution is 5.75. The zero-order valence-corrected chi connectivity index (χ0v) is 17.1. The molecule has 0 aromatic rings. The average molecular weight is 331 g/mol. The SMILES string of the molecule is CC(C)(C)COC(=O)C(C)(C)C.CC1(C)OCC(C(C)(C)C)O1. The van der Waals surface area contributed by atoms with Gasteiger partial charge in [0.25, 0.3) is 0 Å². The molecule has 1 aliphatic rings. The van der Waals surface area contributed by atoms with E-state index in [1.54, 1.807) is 0 Å². The van der Waals surface area contributed by atoms with Crippen LogP contribution in [0, 0.1) is 16.2 Å². The zero-order valence-electron chi connectivity index (χ0n) is 17.1. The molecule has 1 rings (SSSR count). The Balaban J connectivity index is 0.000000422. The molecule has 0 aromatic carbocycles. The number of esters is 1. The standard InChI is InChI=1S/C10H20O2.C9H18O2/c1-9(2,3)7-12-8(11)10(4,5)6;1-8(2,3)7-6-10-9(4,5)11-7/h7H2,1-6H3;7H,6H2,1-5H3. The third-order valence-electron chi connectivity index (χ3n) is 3.22. The molecule has 0 aliphatic carbocycles. The average Bonchev–Trinajstić information content (AvgIpc) is 2.65. The molecule has 1 saturated heterocycles. The predicted molar refractivity (Wildman–Crippen MR) is 94.2 cm³/mol. The van der Waals surface area contributed by atoms with Gasteiger partial charge in [0.15, 0.2) is 5.79 Å². The van der Waals surface area contributed by atoms with E-state index >= 15 is 0 Å². The summed E-state index contributed by atoms with van der Waals surface area (Å²) in [5.41, 5.74) is -0.139. The number of ether oxygens (including phenoxy) is 3. The summed E-state index contributed by atoms with van der Waals surface area (Å²) in [6.45, 7) is 23.3. The van der Waals surface area contributed by atoms with Gasteiger partial charge >= 0.3 is 5.97 Å². The topological polar surface area (TPSA) is 44.8 Å². The maximum absolute atomic E-state index is 11.3. The Morgan fingerprint density at radius 3 is 1.74 bits per heavy atom. The largest absolute Gasteiger partial charge is 0.465 e. The fourth-order valence-electron chi connectivity index (χ4n) is 1.61. The van der Waals surface area contributed by atoms with Gasteiger partial charge in [0.05, 0.1) is 24.7 Å². The van der Waals surface area contributed by atoms with E-state index in [9.17, 15) is 4.79 Å². The Morgan fingerprint density at radius 1 is 1.04 bits per heavy atom. The molecule has 0 saturated carbocycles. The molecule has 4 nitrogen and oxygen atoms in total. The molecule has 1 aliphatic heterocycles. The lowest BCUT2D eigenvalue weighted by molar-refractivity contribution is -0.155. The van der Waals surface area contributed by atoms with Crippen molar-refractivity contribution in [3.8, 4) is 0 Å². The van der Waals surface area contributed by atoms with Gasteiger partial charge in [-0.3, -0.25) is 4.79 Å². The Hall–Kier alpha value is -0.610. The molecule has 4 heteroatoms. The van der Waals surface area contributed by atoms with Crippen molar-refractivity contribution in [2.45, 2.75) is 88.1 Å². The van der Waals surface area contributed by atoms with Crippen LogP contribution in [0.1, 0.15) is 76.2 Å². The van der Waals surface area contributed by atoms with Gasteiger partial charge in [-0.15, -0.1) is 0 Å². The molecule has 0 bridgehead atoms. The summed E-state index contributed by atoms with van der Waals surface area (Å²) >= 11 is 0. The van der Waals surface area contributed by atoms with Crippen LogP contribution in [0.25, 0.3) is 0 Å². The Labute approximate surface area is 143 Å². The van der Waals surface area contributed by atoms with Crippen molar-refractivity contribution in [2.24, 2.45) is 16.2 Å². The van der Waals surface area contributed by atoms with E-state index in [1.165, 1.54) is 0 Å². The number of carbonyl (C=O) groups is 1. The van der Waals surface area contributed by atoms with Crippen LogP contribution in [-0.2, 0) is 19.0 Å². The third kappa shape index (κ3) is 9.98. The van der Waals surface area contributed by atoms with Crippen LogP contribution in [0.4, 0.5) is 0 Å². The first-order valence-electron chi connectivity index (χ1n) is 8.43. The van der Waals surface area contributed by atoms with Gasteiger partial charge in [-0.05, 0) is 45.4 Å². The number of hydrogen-bond donors (Lipinski definition) is 0. The second kappa shape index (κ2) is 7.52. The van der Waals surface area contributed by atoms with E-state index in [2.05, 4.69) is 20.8 Å². The van der Waals surface area contributed by atoms with Gasteiger partial charge < -0.3 is 14.2 Å². The summed E-state index contributed by atoms with van der Waals surface area (Å²) in [6.07, 6.45) is 0.234. The van der Waals surface area contributed by atoms with E-state index in [0.29, 0.717) is 6.61 Å². The minimum Gasteiger partial charge on any atom is -0.465 e. The van der Waals surface area contributed by atoms with Gasteiger partial charge in [-0.1, -0.05) is 41.5 Å². The van der Waals surface area contributed by atoms with Crippen LogP contribution in [0.15, 0.2) is 0 Å². The predicted octanol–water partition coefficient (Wildman–Crippen LogP) is 4.81. The first-order chi connectivity index (χ1) is 9.94.